The molecule has 2 N–H and O–H groups in total. The quantitative estimate of drug-likeness (QED) is 0.617. The number of aromatic nitrogens is 1. The van der Waals surface area contributed by atoms with Gasteiger partial charge in [0.1, 0.15) is 5.82 Å². The third-order valence-corrected chi connectivity index (χ3v) is 6.55. The molecule has 2 aromatic carbocycles. The standard InChI is InChI=1S/C19H19ClFN2O3P/c20-14-1-6-19-17(11-14)18(12-23(19)16-4-2-15(21)3-5-16)13-7-9-22(10-8-13)27(24,25)26/h1-6,11-13H,7-10H2,(H2,24,25,26). The fourth-order valence-corrected chi connectivity index (χ4v) is 4.73. The van der Waals surface area contributed by atoms with Crippen molar-refractivity contribution in [2.45, 2.75) is 18.8 Å². The van der Waals surface area contributed by atoms with Crippen LogP contribution in [0.3, 0.4) is 0 Å². The van der Waals surface area contributed by atoms with Crippen molar-refractivity contribution < 1.29 is 18.7 Å². The predicted octanol–water partition coefficient (Wildman–Crippen LogP) is 4.70. The topological polar surface area (TPSA) is 65.7 Å². The maximum absolute atomic E-state index is 13.3. The lowest BCUT2D eigenvalue weighted by molar-refractivity contribution is 0.234. The lowest BCUT2D eigenvalue weighted by atomic mass is 9.90. The zero-order chi connectivity index (χ0) is 19.2. The van der Waals surface area contributed by atoms with Gasteiger partial charge >= 0.3 is 7.75 Å². The van der Waals surface area contributed by atoms with Gasteiger partial charge in [-0.05, 0) is 66.8 Å². The van der Waals surface area contributed by atoms with Gasteiger partial charge in [0.15, 0.2) is 0 Å². The van der Waals surface area contributed by atoms with Crippen LogP contribution in [0.1, 0.15) is 24.3 Å². The number of hydrogen-bond acceptors (Lipinski definition) is 1. The third kappa shape index (κ3) is 3.68. The summed E-state index contributed by atoms with van der Waals surface area (Å²) >= 11 is 6.22. The van der Waals surface area contributed by atoms with Gasteiger partial charge in [-0.1, -0.05) is 11.6 Å². The van der Waals surface area contributed by atoms with E-state index in [2.05, 4.69) is 0 Å². The van der Waals surface area contributed by atoms with E-state index in [4.69, 9.17) is 11.6 Å². The first-order valence-electron chi connectivity index (χ1n) is 8.70. The minimum Gasteiger partial charge on any atom is -0.316 e. The molecule has 0 unspecified atom stereocenters. The van der Waals surface area contributed by atoms with Gasteiger partial charge in [0.2, 0.25) is 0 Å². The second-order valence-electron chi connectivity index (χ2n) is 6.83. The van der Waals surface area contributed by atoms with Crippen LogP contribution < -0.4 is 0 Å². The first-order valence-corrected chi connectivity index (χ1v) is 10.6. The first kappa shape index (κ1) is 18.7. The van der Waals surface area contributed by atoms with Gasteiger partial charge in [-0.15, -0.1) is 0 Å². The second-order valence-corrected chi connectivity index (χ2v) is 8.86. The van der Waals surface area contributed by atoms with Crippen molar-refractivity contribution in [1.82, 2.24) is 9.24 Å². The van der Waals surface area contributed by atoms with Crippen molar-refractivity contribution >= 4 is 30.3 Å². The van der Waals surface area contributed by atoms with E-state index in [0.29, 0.717) is 31.0 Å². The zero-order valence-corrected chi connectivity index (χ0v) is 16.1. The summed E-state index contributed by atoms with van der Waals surface area (Å²) in [5, 5.41) is 1.65. The van der Waals surface area contributed by atoms with E-state index in [9.17, 15) is 18.7 Å². The fourth-order valence-electron chi connectivity index (χ4n) is 3.81. The molecule has 0 amide bonds. The summed E-state index contributed by atoms with van der Waals surface area (Å²) in [6.07, 6.45) is 3.34. The molecule has 0 spiro atoms. The number of fused-ring (bicyclic) bond motifs is 1. The largest absolute Gasteiger partial charge is 0.402 e. The highest BCUT2D eigenvalue weighted by atomic mass is 35.5. The fraction of sp³-hybridized carbons (Fsp3) is 0.263. The molecule has 27 heavy (non-hydrogen) atoms. The molecule has 1 aromatic heterocycles. The predicted molar refractivity (Wildman–Crippen MR) is 104 cm³/mol. The SMILES string of the molecule is O=P(O)(O)N1CCC(c2cn(-c3ccc(F)cc3)c3ccc(Cl)cc23)CC1. The maximum Gasteiger partial charge on any atom is 0.402 e. The van der Waals surface area contributed by atoms with Crippen LogP contribution in [0.4, 0.5) is 4.39 Å². The molecule has 8 heteroatoms. The number of rotatable bonds is 3. The third-order valence-electron chi connectivity index (χ3n) is 5.18. The van der Waals surface area contributed by atoms with Crippen LogP contribution in [0.5, 0.6) is 0 Å². The van der Waals surface area contributed by atoms with Gasteiger partial charge < -0.3 is 14.4 Å². The lowest BCUT2D eigenvalue weighted by Crippen LogP contribution is -2.30. The average Bonchev–Trinajstić information content (AvgIpc) is 3.00. The molecule has 0 saturated carbocycles. The smallest absolute Gasteiger partial charge is 0.316 e. The Hall–Kier alpha value is -1.69. The van der Waals surface area contributed by atoms with E-state index in [1.54, 1.807) is 12.1 Å². The van der Waals surface area contributed by atoms with Gasteiger partial charge in [0.05, 0.1) is 5.52 Å². The van der Waals surface area contributed by atoms with Crippen LogP contribution in [0.2, 0.25) is 5.02 Å². The summed E-state index contributed by atoms with van der Waals surface area (Å²) in [7, 11) is -4.19. The van der Waals surface area contributed by atoms with Crippen molar-refractivity contribution in [3.05, 3.63) is 65.1 Å². The monoisotopic (exact) mass is 408 g/mol. The lowest BCUT2D eigenvalue weighted by Gasteiger charge is -2.31. The van der Waals surface area contributed by atoms with E-state index >= 15 is 0 Å². The first-order chi connectivity index (χ1) is 12.8. The molecule has 142 valence electrons. The number of hydrogen-bond donors (Lipinski definition) is 2. The van der Waals surface area contributed by atoms with Gasteiger partial charge in [0.25, 0.3) is 0 Å². The van der Waals surface area contributed by atoms with Gasteiger partial charge in [-0.25, -0.2) is 13.6 Å². The van der Waals surface area contributed by atoms with Crippen molar-refractivity contribution in [3.63, 3.8) is 0 Å². The molecule has 0 radical (unpaired) electrons. The molecule has 1 aliphatic heterocycles. The van der Waals surface area contributed by atoms with Crippen LogP contribution >= 0.6 is 19.3 Å². The molecule has 5 nitrogen and oxygen atoms in total. The van der Waals surface area contributed by atoms with Gasteiger partial charge in [-0.2, -0.15) is 0 Å². The summed E-state index contributed by atoms with van der Waals surface area (Å²) in [4.78, 5) is 18.7. The molecular formula is C19H19ClFN2O3P. The van der Waals surface area contributed by atoms with Crippen molar-refractivity contribution in [2.75, 3.05) is 13.1 Å². The molecule has 1 fully saturated rings. The number of piperidine rings is 1. The van der Waals surface area contributed by atoms with Gasteiger partial charge in [0, 0.05) is 35.4 Å². The zero-order valence-electron chi connectivity index (χ0n) is 14.4. The molecule has 0 atom stereocenters. The molecule has 3 aromatic rings. The Labute approximate surface area is 161 Å². The Morgan fingerprint density at radius 1 is 1.07 bits per heavy atom. The molecule has 1 saturated heterocycles. The van der Waals surface area contributed by atoms with Crippen LogP contribution in [0.25, 0.3) is 16.6 Å². The molecule has 1 aliphatic rings. The number of nitrogens with zero attached hydrogens (tertiary/aromatic N) is 2. The highest BCUT2D eigenvalue weighted by Crippen LogP contribution is 2.45. The Balaban J connectivity index is 1.74. The molecular weight excluding hydrogens is 390 g/mol. The van der Waals surface area contributed by atoms with Crippen molar-refractivity contribution in [1.29, 1.82) is 0 Å². The highest BCUT2D eigenvalue weighted by molar-refractivity contribution is 7.49. The second kappa shape index (κ2) is 7.04. The van der Waals surface area contributed by atoms with E-state index < -0.39 is 7.75 Å². The van der Waals surface area contributed by atoms with Crippen LogP contribution in [-0.4, -0.2) is 32.1 Å². The highest BCUT2D eigenvalue weighted by Gasteiger charge is 2.31. The van der Waals surface area contributed by atoms with Crippen LogP contribution in [0.15, 0.2) is 48.7 Å². The Morgan fingerprint density at radius 2 is 1.74 bits per heavy atom. The average molecular weight is 409 g/mol. The van der Waals surface area contributed by atoms with E-state index in [0.717, 1.165) is 22.2 Å². The molecule has 2 heterocycles. The Bertz CT molecular complexity index is 1020. The molecule has 0 bridgehead atoms. The summed E-state index contributed by atoms with van der Waals surface area (Å²) in [5.41, 5.74) is 2.92. The maximum atomic E-state index is 13.3. The summed E-state index contributed by atoms with van der Waals surface area (Å²) in [6.45, 7) is 0.692. The van der Waals surface area contributed by atoms with E-state index in [1.807, 2.05) is 29.0 Å². The normalized spacial score (nSPS) is 16.9. The van der Waals surface area contributed by atoms with Crippen molar-refractivity contribution in [3.8, 4) is 5.69 Å². The molecule has 4 rings (SSSR count). The summed E-state index contributed by atoms with van der Waals surface area (Å²) < 4.78 is 28.0. The minimum atomic E-state index is -4.19. The number of halogens is 2. The van der Waals surface area contributed by atoms with Crippen LogP contribution in [-0.2, 0) is 4.57 Å². The number of benzene rings is 2. The summed E-state index contributed by atoms with van der Waals surface area (Å²) in [6, 6.07) is 12.0. The Morgan fingerprint density at radius 3 is 2.37 bits per heavy atom. The van der Waals surface area contributed by atoms with Crippen molar-refractivity contribution in [2.24, 2.45) is 0 Å². The van der Waals surface area contributed by atoms with Crippen LogP contribution in [0, 0.1) is 5.82 Å². The van der Waals surface area contributed by atoms with Gasteiger partial charge in [-0.3, -0.25) is 0 Å². The van der Waals surface area contributed by atoms with E-state index in [1.165, 1.54) is 16.8 Å². The Kier molecular flexibility index (Phi) is 4.87. The molecule has 0 aliphatic carbocycles. The summed E-state index contributed by atoms with van der Waals surface area (Å²) in [5.74, 6) is -0.112. The van der Waals surface area contributed by atoms with E-state index in [-0.39, 0.29) is 11.7 Å². The minimum absolute atomic E-state index is 0.176.